The second-order valence-electron chi connectivity index (χ2n) is 4.57. The summed E-state index contributed by atoms with van der Waals surface area (Å²) in [6, 6.07) is 10.2. The van der Waals surface area contributed by atoms with Crippen molar-refractivity contribution in [3.63, 3.8) is 0 Å². The molecule has 0 saturated carbocycles. The zero-order valence-corrected chi connectivity index (χ0v) is 11.5. The molecule has 21 heavy (non-hydrogen) atoms. The molecule has 0 bridgehead atoms. The summed E-state index contributed by atoms with van der Waals surface area (Å²) in [7, 11) is 0. The first-order valence-electron chi connectivity index (χ1n) is 6.19. The minimum atomic E-state index is -0.497. The van der Waals surface area contributed by atoms with Crippen LogP contribution in [0, 0.1) is 5.82 Å². The predicted molar refractivity (Wildman–Crippen MR) is 78.2 cm³/mol. The van der Waals surface area contributed by atoms with Crippen molar-refractivity contribution in [1.29, 1.82) is 0 Å². The van der Waals surface area contributed by atoms with Gasteiger partial charge in [0.05, 0.1) is 17.8 Å². The van der Waals surface area contributed by atoms with Gasteiger partial charge in [0, 0.05) is 10.6 Å². The Morgan fingerprint density at radius 1 is 1.19 bits per heavy atom. The summed E-state index contributed by atoms with van der Waals surface area (Å²) in [6.45, 7) is 0. The van der Waals surface area contributed by atoms with E-state index in [1.165, 1.54) is 11.1 Å². The van der Waals surface area contributed by atoms with Crippen LogP contribution in [0.2, 0.25) is 5.02 Å². The average molecular weight is 305 g/mol. The minimum Gasteiger partial charge on any atom is -0.507 e. The lowest BCUT2D eigenvalue weighted by molar-refractivity contribution is -0.116. The Kier molecular flexibility index (Phi) is 3.35. The second-order valence-corrected chi connectivity index (χ2v) is 5.00. The van der Waals surface area contributed by atoms with Gasteiger partial charge in [-0.15, -0.1) is 0 Å². The van der Waals surface area contributed by atoms with Gasteiger partial charge in [0.2, 0.25) is 0 Å². The zero-order chi connectivity index (χ0) is 15.0. The van der Waals surface area contributed by atoms with Crippen LogP contribution in [0.25, 0.3) is 0 Å². The van der Waals surface area contributed by atoms with E-state index in [2.05, 4.69) is 5.10 Å². The molecule has 2 aromatic carbocycles. The van der Waals surface area contributed by atoms with Gasteiger partial charge < -0.3 is 5.11 Å². The van der Waals surface area contributed by atoms with Crippen LogP contribution in [0.4, 0.5) is 10.1 Å². The van der Waals surface area contributed by atoms with Crippen LogP contribution in [0.15, 0.2) is 47.6 Å². The van der Waals surface area contributed by atoms with Crippen LogP contribution in [0.3, 0.4) is 0 Å². The SMILES string of the molecule is O=C1CC(c2cc(F)ccc2O)=NN1c1ccc(Cl)cc1. The molecule has 1 aliphatic rings. The molecular formula is C15H10ClFN2O2. The number of phenols is 1. The van der Waals surface area contributed by atoms with Crippen molar-refractivity contribution in [1.82, 2.24) is 0 Å². The van der Waals surface area contributed by atoms with Crippen molar-refractivity contribution >= 4 is 28.9 Å². The molecule has 2 aromatic rings. The lowest BCUT2D eigenvalue weighted by atomic mass is 10.1. The fraction of sp³-hybridized carbons (Fsp3) is 0.0667. The highest BCUT2D eigenvalue weighted by molar-refractivity contribution is 6.30. The topological polar surface area (TPSA) is 52.9 Å². The van der Waals surface area contributed by atoms with E-state index in [0.29, 0.717) is 16.4 Å². The van der Waals surface area contributed by atoms with E-state index >= 15 is 0 Å². The van der Waals surface area contributed by atoms with Crippen molar-refractivity contribution in [3.05, 3.63) is 58.9 Å². The summed E-state index contributed by atoms with van der Waals surface area (Å²) in [6.07, 6.45) is -0.000357. The first-order chi connectivity index (χ1) is 10.0. The fourth-order valence-corrected chi connectivity index (χ4v) is 2.23. The number of carbonyl (C=O) groups excluding carboxylic acids is 1. The molecule has 106 valence electrons. The van der Waals surface area contributed by atoms with Crippen LogP contribution in [-0.2, 0) is 4.79 Å². The van der Waals surface area contributed by atoms with E-state index in [4.69, 9.17) is 11.6 Å². The Morgan fingerprint density at radius 3 is 2.62 bits per heavy atom. The molecule has 1 aliphatic heterocycles. The Bertz CT molecular complexity index is 744. The number of phenolic OH excluding ortho intramolecular Hbond substituents is 1. The number of aromatic hydroxyl groups is 1. The molecule has 0 spiro atoms. The quantitative estimate of drug-likeness (QED) is 0.925. The molecule has 0 atom stereocenters. The highest BCUT2D eigenvalue weighted by Crippen LogP contribution is 2.27. The van der Waals surface area contributed by atoms with Crippen molar-refractivity contribution in [2.45, 2.75) is 6.42 Å². The summed E-state index contributed by atoms with van der Waals surface area (Å²) in [5.74, 6) is -0.861. The molecule has 0 aliphatic carbocycles. The number of rotatable bonds is 2. The van der Waals surface area contributed by atoms with E-state index in [-0.39, 0.29) is 23.6 Å². The lowest BCUT2D eigenvalue weighted by Crippen LogP contribution is -2.19. The number of benzene rings is 2. The summed E-state index contributed by atoms with van der Waals surface area (Å²) in [4.78, 5) is 12.0. The molecule has 4 nitrogen and oxygen atoms in total. The molecular weight excluding hydrogens is 295 g/mol. The lowest BCUT2D eigenvalue weighted by Gasteiger charge is -2.11. The van der Waals surface area contributed by atoms with Crippen LogP contribution >= 0.6 is 11.6 Å². The molecule has 0 fully saturated rings. The Balaban J connectivity index is 1.99. The number of hydrogen-bond donors (Lipinski definition) is 1. The van der Waals surface area contributed by atoms with E-state index in [1.807, 2.05) is 0 Å². The van der Waals surface area contributed by atoms with Gasteiger partial charge in [-0.3, -0.25) is 4.79 Å². The van der Waals surface area contributed by atoms with Crippen molar-refractivity contribution in [2.75, 3.05) is 5.01 Å². The number of carbonyl (C=O) groups is 1. The van der Waals surface area contributed by atoms with Crippen molar-refractivity contribution < 1.29 is 14.3 Å². The third-order valence-corrected chi connectivity index (χ3v) is 3.37. The number of halogens is 2. The molecule has 1 amide bonds. The zero-order valence-electron chi connectivity index (χ0n) is 10.8. The standard InChI is InChI=1S/C15H10ClFN2O2/c16-9-1-4-11(5-2-9)19-15(21)8-13(18-19)12-7-10(17)3-6-14(12)20/h1-7,20H,8H2. The van der Waals surface area contributed by atoms with E-state index < -0.39 is 5.82 Å². The summed E-state index contributed by atoms with van der Waals surface area (Å²) in [5.41, 5.74) is 1.11. The minimum absolute atomic E-state index is 0.000357. The highest BCUT2D eigenvalue weighted by atomic mass is 35.5. The van der Waals surface area contributed by atoms with Gasteiger partial charge in [0.1, 0.15) is 11.6 Å². The van der Waals surface area contributed by atoms with Gasteiger partial charge in [-0.1, -0.05) is 11.6 Å². The second kappa shape index (κ2) is 5.18. The number of amides is 1. The largest absolute Gasteiger partial charge is 0.507 e. The first kappa shape index (κ1) is 13.6. The smallest absolute Gasteiger partial charge is 0.253 e. The molecule has 0 saturated heterocycles. The van der Waals surface area contributed by atoms with Gasteiger partial charge in [-0.2, -0.15) is 5.10 Å². The van der Waals surface area contributed by atoms with Crippen LogP contribution in [0.1, 0.15) is 12.0 Å². The Hall–Kier alpha value is -2.40. The van der Waals surface area contributed by atoms with E-state index in [0.717, 1.165) is 12.1 Å². The fourth-order valence-electron chi connectivity index (χ4n) is 2.10. The molecule has 0 radical (unpaired) electrons. The predicted octanol–water partition coefficient (Wildman–Crippen LogP) is 3.33. The molecule has 3 rings (SSSR count). The normalized spacial score (nSPS) is 14.5. The van der Waals surface area contributed by atoms with Gasteiger partial charge in [-0.25, -0.2) is 9.40 Å². The van der Waals surface area contributed by atoms with Crippen LogP contribution in [0.5, 0.6) is 5.75 Å². The maximum Gasteiger partial charge on any atom is 0.253 e. The number of anilines is 1. The molecule has 0 unspecified atom stereocenters. The maximum absolute atomic E-state index is 13.3. The number of hydrogen-bond acceptors (Lipinski definition) is 3. The third-order valence-electron chi connectivity index (χ3n) is 3.12. The average Bonchev–Trinajstić information content (AvgIpc) is 2.84. The van der Waals surface area contributed by atoms with Crippen molar-refractivity contribution in [2.24, 2.45) is 5.10 Å². The monoisotopic (exact) mass is 304 g/mol. The van der Waals surface area contributed by atoms with Crippen molar-refractivity contribution in [3.8, 4) is 5.75 Å². The van der Waals surface area contributed by atoms with Gasteiger partial charge >= 0.3 is 0 Å². The molecule has 0 aromatic heterocycles. The maximum atomic E-state index is 13.3. The summed E-state index contributed by atoms with van der Waals surface area (Å²) in [5, 5.41) is 15.7. The van der Waals surface area contributed by atoms with Gasteiger partial charge in [0.25, 0.3) is 5.91 Å². The molecule has 1 heterocycles. The summed E-state index contributed by atoms with van der Waals surface area (Å²) < 4.78 is 13.3. The van der Waals surface area contributed by atoms with E-state index in [1.54, 1.807) is 24.3 Å². The Morgan fingerprint density at radius 2 is 1.90 bits per heavy atom. The number of hydrazone groups is 1. The molecule has 1 N–H and O–H groups in total. The summed E-state index contributed by atoms with van der Waals surface area (Å²) >= 11 is 5.80. The van der Waals surface area contributed by atoms with Gasteiger partial charge in [0.15, 0.2) is 0 Å². The van der Waals surface area contributed by atoms with Crippen LogP contribution in [-0.4, -0.2) is 16.7 Å². The van der Waals surface area contributed by atoms with E-state index in [9.17, 15) is 14.3 Å². The first-order valence-corrected chi connectivity index (χ1v) is 6.57. The van der Waals surface area contributed by atoms with Crippen LogP contribution < -0.4 is 5.01 Å². The van der Waals surface area contributed by atoms with Gasteiger partial charge in [-0.05, 0) is 42.5 Å². The Labute approximate surface area is 125 Å². The highest BCUT2D eigenvalue weighted by Gasteiger charge is 2.27. The molecule has 6 heteroatoms. The third kappa shape index (κ3) is 2.60. The number of nitrogens with zero attached hydrogens (tertiary/aromatic N) is 2.